The number of carbonyl (C=O) groups excluding carboxylic acids is 4. The molecule has 2 N–H and O–H groups in total. The Kier molecular flexibility index (Phi) is 6.72. The highest BCUT2D eigenvalue weighted by molar-refractivity contribution is 6.08. The van der Waals surface area contributed by atoms with Crippen LogP contribution in [0.4, 0.5) is 0 Å². The van der Waals surface area contributed by atoms with Crippen LogP contribution in [-0.4, -0.2) is 41.2 Å². The zero-order valence-electron chi connectivity index (χ0n) is 19.7. The molecule has 0 aromatic heterocycles. The minimum atomic E-state index is -0.796. The summed E-state index contributed by atoms with van der Waals surface area (Å²) in [5.41, 5.74) is 2.40. The summed E-state index contributed by atoms with van der Waals surface area (Å²) in [6, 6.07) is 12.4. The van der Waals surface area contributed by atoms with Gasteiger partial charge in [-0.1, -0.05) is 37.4 Å². The lowest BCUT2D eigenvalue weighted by molar-refractivity contribution is -0.137. The molecule has 0 atom stereocenters. The first-order valence-corrected chi connectivity index (χ1v) is 10.6. The van der Waals surface area contributed by atoms with Crippen molar-refractivity contribution in [1.29, 1.82) is 0 Å². The standard InChI is InChI=1S/C26H27N3O5/c1-15(25(33)34-6)27-22(30)16(2)29-14-21-19(11-8-12-20(21)24(29)32)17-9-7-10-18(13-17)23(31)28-26(3,4)5/h7-13H,1-2,14H2,3-6H3,(H,27,30)(H,28,31). The number of carbonyl (C=O) groups is 4. The van der Waals surface area contributed by atoms with Crippen molar-refractivity contribution in [1.82, 2.24) is 15.5 Å². The number of methoxy groups -OCH3 is 1. The van der Waals surface area contributed by atoms with Crippen LogP contribution in [0.1, 0.15) is 47.1 Å². The molecule has 0 aliphatic carbocycles. The van der Waals surface area contributed by atoms with Gasteiger partial charge in [-0.25, -0.2) is 4.79 Å². The predicted molar refractivity (Wildman–Crippen MR) is 127 cm³/mol. The number of hydrogen-bond donors (Lipinski definition) is 2. The van der Waals surface area contributed by atoms with Gasteiger partial charge in [0.25, 0.3) is 17.7 Å². The van der Waals surface area contributed by atoms with Crippen LogP contribution in [0.2, 0.25) is 0 Å². The Morgan fingerprint density at radius 3 is 2.32 bits per heavy atom. The maximum atomic E-state index is 13.0. The van der Waals surface area contributed by atoms with E-state index in [1.165, 1.54) is 12.0 Å². The van der Waals surface area contributed by atoms with E-state index in [-0.39, 0.29) is 35.3 Å². The second-order valence-electron chi connectivity index (χ2n) is 8.88. The van der Waals surface area contributed by atoms with E-state index in [1.807, 2.05) is 32.9 Å². The monoisotopic (exact) mass is 461 g/mol. The third-order valence-electron chi connectivity index (χ3n) is 5.18. The molecule has 0 radical (unpaired) electrons. The van der Waals surface area contributed by atoms with Crippen LogP contribution in [-0.2, 0) is 20.9 Å². The normalized spacial score (nSPS) is 12.6. The lowest BCUT2D eigenvalue weighted by atomic mass is 9.95. The Balaban J connectivity index is 1.88. The molecule has 176 valence electrons. The fourth-order valence-electron chi connectivity index (χ4n) is 3.57. The number of ether oxygens (including phenoxy) is 1. The summed E-state index contributed by atoms with van der Waals surface area (Å²) in [6.07, 6.45) is 0. The van der Waals surface area contributed by atoms with Crippen LogP contribution in [0.15, 0.2) is 67.0 Å². The van der Waals surface area contributed by atoms with Gasteiger partial charge in [-0.2, -0.15) is 0 Å². The third kappa shape index (κ3) is 5.06. The second-order valence-corrected chi connectivity index (χ2v) is 8.88. The Hall–Kier alpha value is -4.20. The van der Waals surface area contributed by atoms with Gasteiger partial charge in [0.05, 0.1) is 13.7 Å². The molecule has 3 amide bonds. The van der Waals surface area contributed by atoms with Gasteiger partial charge >= 0.3 is 5.97 Å². The largest absolute Gasteiger partial charge is 0.464 e. The van der Waals surface area contributed by atoms with E-state index in [4.69, 9.17) is 0 Å². The smallest absolute Gasteiger partial charge is 0.353 e. The van der Waals surface area contributed by atoms with Crippen LogP contribution in [0.5, 0.6) is 0 Å². The number of benzene rings is 2. The summed E-state index contributed by atoms with van der Waals surface area (Å²) < 4.78 is 4.52. The Morgan fingerprint density at radius 1 is 1.03 bits per heavy atom. The van der Waals surface area contributed by atoms with Gasteiger partial charge in [-0.05, 0) is 55.7 Å². The molecular formula is C26H27N3O5. The fraction of sp³-hybridized carbons (Fsp3) is 0.231. The lowest BCUT2D eigenvalue weighted by Crippen LogP contribution is -2.40. The number of hydrogen-bond acceptors (Lipinski definition) is 5. The zero-order valence-corrected chi connectivity index (χ0v) is 19.7. The van der Waals surface area contributed by atoms with E-state index in [2.05, 4.69) is 28.5 Å². The molecule has 3 rings (SSSR count). The van der Waals surface area contributed by atoms with Gasteiger partial charge in [-0.3, -0.25) is 19.3 Å². The first kappa shape index (κ1) is 24.4. The minimum Gasteiger partial charge on any atom is -0.464 e. The van der Waals surface area contributed by atoms with Crippen molar-refractivity contribution >= 4 is 23.7 Å². The van der Waals surface area contributed by atoms with Crippen molar-refractivity contribution < 1.29 is 23.9 Å². The Bertz CT molecular complexity index is 1220. The van der Waals surface area contributed by atoms with Crippen molar-refractivity contribution in [3.63, 3.8) is 0 Å². The van der Waals surface area contributed by atoms with Gasteiger partial charge in [0.2, 0.25) is 0 Å². The van der Waals surface area contributed by atoms with Crippen LogP contribution >= 0.6 is 0 Å². The number of nitrogens with zero attached hydrogens (tertiary/aromatic N) is 1. The number of rotatable bonds is 6. The highest BCUT2D eigenvalue weighted by Crippen LogP contribution is 2.34. The van der Waals surface area contributed by atoms with Crippen molar-refractivity contribution in [2.75, 3.05) is 7.11 Å². The highest BCUT2D eigenvalue weighted by atomic mass is 16.5. The summed E-state index contributed by atoms with van der Waals surface area (Å²) in [5.74, 6) is -2.12. The molecule has 34 heavy (non-hydrogen) atoms. The fourth-order valence-corrected chi connectivity index (χ4v) is 3.57. The molecule has 8 nitrogen and oxygen atoms in total. The van der Waals surface area contributed by atoms with Crippen molar-refractivity contribution in [3.05, 3.63) is 83.7 Å². The van der Waals surface area contributed by atoms with Gasteiger partial charge in [0.1, 0.15) is 11.4 Å². The zero-order chi connectivity index (χ0) is 25.2. The van der Waals surface area contributed by atoms with Crippen LogP contribution < -0.4 is 10.6 Å². The van der Waals surface area contributed by atoms with E-state index >= 15 is 0 Å². The number of amides is 3. The Morgan fingerprint density at radius 2 is 1.68 bits per heavy atom. The summed E-state index contributed by atoms with van der Waals surface area (Å²) in [7, 11) is 1.17. The average Bonchev–Trinajstić information content (AvgIpc) is 3.13. The molecule has 2 aromatic rings. The van der Waals surface area contributed by atoms with Gasteiger partial charge in [0.15, 0.2) is 0 Å². The topological polar surface area (TPSA) is 105 Å². The number of nitrogens with one attached hydrogen (secondary N) is 2. The molecule has 0 unspecified atom stereocenters. The van der Waals surface area contributed by atoms with Gasteiger partial charge in [-0.15, -0.1) is 0 Å². The predicted octanol–water partition coefficient (Wildman–Crippen LogP) is 3.15. The van der Waals surface area contributed by atoms with Crippen molar-refractivity contribution in [2.24, 2.45) is 0 Å². The number of fused-ring (bicyclic) bond motifs is 1. The molecule has 1 aliphatic rings. The quantitative estimate of drug-likeness (QED) is 0.508. The lowest BCUT2D eigenvalue weighted by Gasteiger charge is -2.20. The second kappa shape index (κ2) is 9.35. The van der Waals surface area contributed by atoms with Crippen LogP contribution in [0.25, 0.3) is 11.1 Å². The van der Waals surface area contributed by atoms with Crippen molar-refractivity contribution in [2.45, 2.75) is 32.9 Å². The third-order valence-corrected chi connectivity index (χ3v) is 5.18. The highest BCUT2D eigenvalue weighted by Gasteiger charge is 2.33. The van der Waals surface area contributed by atoms with Crippen LogP contribution in [0, 0.1) is 0 Å². The SMILES string of the molecule is C=C(NC(=O)C(=C)N1Cc2c(cccc2-c2cccc(C(=O)NC(C)(C)C)c2)C1=O)C(=O)OC. The van der Waals surface area contributed by atoms with Crippen LogP contribution in [0.3, 0.4) is 0 Å². The summed E-state index contributed by atoms with van der Waals surface area (Å²) in [6.45, 7) is 13.0. The molecule has 1 aliphatic heterocycles. The van der Waals surface area contributed by atoms with Gasteiger partial charge in [0, 0.05) is 16.7 Å². The summed E-state index contributed by atoms with van der Waals surface area (Å²) in [4.78, 5) is 51.0. The van der Waals surface area contributed by atoms with E-state index in [0.29, 0.717) is 16.7 Å². The van der Waals surface area contributed by atoms with E-state index in [1.54, 1.807) is 30.3 Å². The summed E-state index contributed by atoms with van der Waals surface area (Å²) >= 11 is 0. The summed E-state index contributed by atoms with van der Waals surface area (Å²) in [5, 5.41) is 5.23. The van der Waals surface area contributed by atoms with E-state index in [9.17, 15) is 19.2 Å². The molecule has 1 heterocycles. The maximum Gasteiger partial charge on any atom is 0.353 e. The van der Waals surface area contributed by atoms with E-state index < -0.39 is 11.9 Å². The molecule has 0 bridgehead atoms. The molecule has 2 aromatic carbocycles. The molecule has 0 saturated carbocycles. The molecular weight excluding hydrogens is 434 g/mol. The average molecular weight is 462 g/mol. The minimum absolute atomic E-state index is 0.111. The first-order valence-electron chi connectivity index (χ1n) is 10.6. The van der Waals surface area contributed by atoms with Crippen molar-refractivity contribution in [3.8, 4) is 11.1 Å². The Labute approximate surface area is 198 Å². The number of esters is 1. The molecule has 0 fully saturated rings. The molecule has 0 spiro atoms. The molecule has 8 heteroatoms. The first-order chi connectivity index (χ1) is 15.9. The maximum absolute atomic E-state index is 13.0. The van der Waals surface area contributed by atoms with E-state index in [0.717, 1.165) is 11.1 Å². The molecule has 0 saturated heterocycles. The van der Waals surface area contributed by atoms with Gasteiger partial charge < -0.3 is 15.4 Å².